The van der Waals surface area contributed by atoms with Crippen molar-refractivity contribution in [1.82, 2.24) is 9.80 Å². The summed E-state index contributed by atoms with van der Waals surface area (Å²) in [6.45, 7) is 2.31. The van der Waals surface area contributed by atoms with Crippen LogP contribution in [0.4, 0.5) is 16.2 Å². The van der Waals surface area contributed by atoms with Gasteiger partial charge in [-0.2, -0.15) is 11.3 Å². The van der Waals surface area contributed by atoms with E-state index in [1.54, 1.807) is 11.3 Å². The molecule has 2 fully saturated rings. The van der Waals surface area contributed by atoms with Crippen LogP contribution in [0.25, 0.3) is 0 Å². The summed E-state index contributed by atoms with van der Waals surface area (Å²) >= 11 is 1.59. The molecule has 136 valence electrons. The van der Waals surface area contributed by atoms with Gasteiger partial charge in [-0.1, -0.05) is 18.2 Å². The van der Waals surface area contributed by atoms with Crippen molar-refractivity contribution >= 4 is 34.6 Å². The molecule has 2 saturated heterocycles. The fourth-order valence-electron chi connectivity index (χ4n) is 3.80. The maximum absolute atomic E-state index is 12.6. The van der Waals surface area contributed by atoms with Gasteiger partial charge in [0.1, 0.15) is 0 Å². The number of carbonyl (C=O) groups is 2. The lowest BCUT2D eigenvalue weighted by atomic mass is 9.93. The number of rotatable bonds is 2. The Balaban J connectivity index is 1.48. The first kappa shape index (κ1) is 17.1. The Bertz CT molecular complexity index is 795. The Kier molecular flexibility index (Phi) is 4.42. The standard InChI is InChI=1S/C19H22N4O2S/c1-21-11-17(24)23(16-7-10-26-12-16)14-19(21)8-9-22(13-19)18(25)20-15-5-3-2-4-6-15/h2-7,10,12H,8-9,11,13-14H2,1H3,(H,20,25)/t19-/m0/s1. The number of likely N-dealkylation sites (tertiary alicyclic amines) is 1. The van der Waals surface area contributed by atoms with Crippen molar-refractivity contribution in [3.05, 3.63) is 47.2 Å². The van der Waals surface area contributed by atoms with Crippen molar-refractivity contribution in [1.29, 1.82) is 0 Å². The normalized spacial score (nSPS) is 23.7. The van der Waals surface area contributed by atoms with Gasteiger partial charge in [0.05, 0.1) is 17.8 Å². The third-order valence-electron chi connectivity index (χ3n) is 5.40. The Morgan fingerprint density at radius 1 is 1.19 bits per heavy atom. The van der Waals surface area contributed by atoms with E-state index in [0.717, 1.165) is 17.8 Å². The molecule has 1 spiro atoms. The van der Waals surface area contributed by atoms with E-state index in [1.807, 2.05) is 64.0 Å². The number of para-hydroxylation sites is 1. The van der Waals surface area contributed by atoms with Crippen molar-refractivity contribution in [2.45, 2.75) is 12.0 Å². The van der Waals surface area contributed by atoms with Crippen LogP contribution in [0.5, 0.6) is 0 Å². The average molecular weight is 370 g/mol. The number of nitrogens with one attached hydrogen (secondary N) is 1. The summed E-state index contributed by atoms with van der Waals surface area (Å²) in [5.41, 5.74) is 1.56. The molecule has 2 aliphatic rings. The number of carbonyl (C=O) groups excluding carboxylic acids is 2. The lowest BCUT2D eigenvalue weighted by Gasteiger charge is -2.46. The van der Waals surface area contributed by atoms with Gasteiger partial charge in [-0.25, -0.2) is 4.79 Å². The van der Waals surface area contributed by atoms with E-state index in [-0.39, 0.29) is 17.5 Å². The molecule has 0 saturated carbocycles. The van der Waals surface area contributed by atoms with Gasteiger partial charge < -0.3 is 15.1 Å². The van der Waals surface area contributed by atoms with Crippen molar-refractivity contribution in [2.24, 2.45) is 0 Å². The van der Waals surface area contributed by atoms with Gasteiger partial charge in [-0.05, 0) is 37.0 Å². The minimum atomic E-state index is -0.191. The first-order valence-corrected chi connectivity index (χ1v) is 9.66. The molecule has 1 N–H and O–H groups in total. The van der Waals surface area contributed by atoms with Crippen LogP contribution in [0.2, 0.25) is 0 Å². The molecule has 26 heavy (non-hydrogen) atoms. The molecule has 1 atom stereocenters. The molecule has 1 aromatic carbocycles. The van der Waals surface area contributed by atoms with Crippen LogP contribution >= 0.6 is 11.3 Å². The van der Waals surface area contributed by atoms with Crippen molar-refractivity contribution in [3.8, 4) is 0 Å². The number of thiophene rings is 1. The van der Waals surface area contributed by atoms with Gasteiger partial charge >= 0.3 is 6.03 Å². The van der Waals surface area contributed by atoms with Crippen LogP contribution in [0.15, 0.2) is 47.2 Å². The number of anilines is 2. The molecule has 0 aliphatic carbocycles. The molecule has 0 unspecified atom stereocenters. The van der Waals surface area contributed by atoms with Crippen LogP contribution in [0, 0.1) is 0 Å². The van der Waals surface area contributed by atoms with E-state index >= 15 is 0 Å². The maximum atomic E-state index is 12.6. The predicted molar refractivity (Wildman–Crippen MR) is 104 cm³/mol. The van der Waals surface area contributed by atoms with Gasteiger partial charge in [0.15, 0.2) is 0 Å². The fraction of sp³-hybridized carbons (Fsp3) is 0.368. The van der Waals surface area contributed by atoms with E-state index in [1.165, 1.54) is 0 Å². The second-order valence-corrected chi connectivity index (χ2v) is 7.79. The van der Waals surface area contributed by atoms with Gasteiger partial charge in [0.2, 0.25) is 5.91 Å². The summed E-state index contributed by atoms with van der Waals surface area (Å²) in [6.07, 6.45) is 0.861. The minimum Gasteiger partial charge on any atom is -0.323 e. The van der Waals surface area contributed by atoms with Crippen LogP contribution < -0.4 is 10.2 Å². The van der Waals surface area contributed by atoms with E-state index in [9.17, 15) is 9.59 Å². The fourth-order valence-corrected chi connectivity index (χ4v) is 4.44. The highest BCUT2D eigenvalue weighted by atomic mass is 32.1. The summed E-state index contributed by atoms with van der Waals surface area (Å²) in [5, 5.41) is 6.95. The first-order chi connectivity index (χ1) is 12.6. The molecule has 2 aromatic rings. The number of likely N-dealkylation sites (N-methyl/N-ethyl adjacent to an activating group) is 1. The highest BCUT2D eigenvalue weighted by Crippen LogP contribution is 2.34. The summed E-state index contributed by atoms with van der Waals surface area (Å²) in [5.74, 6) is 0.115. The van der Waals surface area contributed by atoms with Crippen LogP contribution in [0.1, 0.15) is 6.42 Å². The SMILES string of the molecule is CN1CC(=O)N(c2ccsc2)C[C@@]12CCN(C(=O)Nc1ccccc1)C2. The first-order valence-electron chi connectivity index (χ1n) is 8.72. The van der Waals surface area contributed by atoms with Crippen LogP contribution in [0.3, 0.4) is 0 Å². The topological polar surface area (TPSA) is 55.9 Å². The number of amides is 3. The highest BCUT2D eigenvalue weighted by Gasteiger charge is 2.48. The van der Waals surface area contributed by atoms with Gasteiger partial charge in [-0.15, -0.1) is 0 Å². The molecular formula is C19H22N4O2S. The second kappa shape index (κ2) is 6.74. The minimum absolute atomic E-state index is 0.0829. The number of hydrogen-bond donors (Lipinski definition) is 1. The number of piperazine rings is 1. The third kappa shape index (κ3) is 3.08. The number of benzene rings is 1. The summed E-state index contributed by atoms with van der Waals surface area (Å²) in [6, 6.07) is 11.4. The van der Waals surface area contributed by atoms with Gasteiger partial charge in [-0.3, -0.25) is 9.69 Å². The second-order valence-electron chi connectivity index (χ2n) is 7.01. The Labute approximate surface area is 157 Å². The largest absolute Gasteiger partial charge is 0.323 e. The molecule has 6 nitrogen and oxygen atoms in total. The lowest BCUT2D eigenvalue weighted by Crippen LogP contribution is -2.64. The Morgan fingerprint density at radius 3 is 2.73 bits per heavy atom. The molecule has 0 radical (unpaired) electrons. The molecule has 3 heterocycles. The predicted octanol–water partition coefficient (Wildman–Crippen LogP) is 2.70. The average Bonchev–Trinajstić information content (AvgIpc) is 3.30. The van der Waals surface area contributed by atoms with Crippen molar-refractivity contribution in [3.63, 3.8) is 0 Å². The summed E-state index contributed by atoms with van der Waals surface area (Å²) in [4.78, 5) is 31.0. The zero-order valence-electron chi connectivity index (χ0n) is 14.7. The zero-order valence-corrected chi connectivity index (χ0v) is 15.5. The lowest BCUT2D eigenvalue weighted by molar-refractivity contribution is -0.123. The quantitative estimate of drug-likeness (QED) is 0.884. The van der Waals surface area contributed by atoms with E-state index in [0.29, 0.717) is 26.2 Å². The molecule has 4 rings (SSSR count). The Hall–Kier alpha value is -2.38. The molecule has 0 bridgehead atoms. The number of urea groups is 1. The van der Waals surface area contributed by atoms with E-state index < -0.39 is 0 Å². The van der Waals surface area contributed by atoms with Crippen LogP contribution in [-0.4, -0.2) is 60.5 Å². The molecule has 3 amide bonds. The summed E-state index contributed by atoms with van der Waals surface area (Å²) < 4.78 is 0. The Morgan fingerprint density at radius 2 is 2.00 bits per heavy atom. The van der Waals surface area contributed by atoms with E-state index in [2.05, 4.69) is 10.2 Å². The van der Waals surface area contributed by atoms with Gasteiger partial charge in [0, 0.05) is 30.7 Å². The molecule has 1 aromatic heterocycles. The van der Waals surface area contributed by atoms with Crippen molar-refractivity contribution < 1.29 is 9.59 Å². The van der Waals surface area contributed by atoms with E-state index in [4.69, 9.17) is 0 Å². The number of hydrogen-bond acceptors (Lipinski definition) is 4. The monoisotopic (exact) mass is 370 g/mol. The van der Waals surface area contributed by atoms with Gasteiger partial charge in [0.25, 0.3) is 0 Å². The zero-order chi connectivity index (χ0) is 18.1. The maximum Gasteiger partial charge on any atom is 0.321 e. The third-order valence-corrected chi connectivity index (χ3v) is 6.07. The smallest absolute Gasteiger partial charge is 0.321 e. The molecular weight excluding hydrogens is 348 g/mol. The summed E-state index contributed by atoms with van der Waals surface area (Å²) in [7, 11) is 1.99. The van der Waals surface area contributed by atoms with Crippen LogP contribution in [-0.2, 0) is 4.79 Å². The molecule has 7 heteroatoms. The highest BCUT2D eigenvalue weighted by molar-refractivity contribution is 7.08. The number of nitrogens with zero attached hydrogens (tertiary/aromatic N) is 3. The molecule has 2 aliphatic heterocycles. The van der Waals surface area contributed by atoms with Crippen molar-refractivity contribution in [2.75, 3.05) is 43.4 Å².